The minimum absolute atomic E-state index is 0.723. The number of para-hydroxylation sites is 4. The van der Waals surface area contributed by atoms with Crippen molar-refractivity contribution in [1.82, 2.24) is 8.80 Å². The van der Waals surface area contributed by atoms with Gasteiger partial charge < -0.3 is 28.4 Å². The fourth-order valence-corrected chi connectivity index (χ4v) is 20.8. The van der Waals surface area contributed by atoms with Crippen molar-refractivity contribution in [3.05, 3.63) is 417 Å². The van der Waals surface area contributed by atoms with Gasteiger partial charge in [0.2, 0.25) is 0 Å². The molecule has 0 unspecified atom stereocenters. The van der Waals surface area contributed by atoms with Gasteiger partial charge in [0.1, 0.15) is 0 Å². The standard InChI is InChI=1S/C54H34N2S.C42H37BNO2S.C18H10BrN/c1-3-10-35(11-4-1)37-18-24-41(25-19-37)55(42-26-20-38(21-27-42)36-12-5-2-6-13-36)43-28-30-46-45-29-22-40(33-52(45)57-53(46)34-43)39-23-31-51-49(32-39)48-16-9-15-47-44-14-7-8-17-50(44)56(51)54(47)48;1-41(2,45)42(3,4)46-43-33-19-25-37-38-26-24-36(28-40(38)47-39(37)27-33)44(34-20-15-31(16-21-34)29-11-7-5-8-12-29)35-22-17-32(18-23-35)30-13-9-6-10-14-30;19-11-8-9-17-15(10-11)14-6-3-5-13-12-4-1-2-7-16(12)20(17)18(13)14/h1-34H;5-28,45H,1-4H3;1-10H. The Kier molecular flexibility index (Phi) is 19.2. The van der Waals surface area contributed by atoms with Gasteiger partial charge in [-0.25, -0.2) is 0 Å². The van der Waals surface area contributed by atoms with E-state index in [1.807, 2.05) is 37.3 Å². The van der Waals surface area contributed by atoms with Crippen LogP contribution in [0.5, 0.6) is 0 Å². The summed E-state index contributed by atoms with van der Waals surface area (Å²) in [6, 6.07) is 149. The van der Waals surface area contributed by atoms with Crippen LogP contribution < -0.4 is 15.3 Å². The molecule has 24 rings (SSSR count). The number of rotatable bonds is 15. The SMILES string of the molecule is Brc1ccc2c(c1)c1cccc3c4ccccc4n2c31.CC(C)(O)C(C)(C)O[B]c1ccc2c(c1)sc1cc(N(c3ccc(-c4ccccc4)cc3)c3ccc(-c4ccccc4)cc3)ccc12.c1ccc(-c2ccc(N(c3ccc(-c4ccccc4)cc3)c3ccc4c(c3)sc3cc(-c5ccc6c(c5)c5cccc7c8ccccc8n6c75)ccc34)cc2)cc1. The Morgan fingerprint density at radius 1 is 0.258 bits per heavy atom. The number of thiophene rings is 2. The van der Waals surface area contributed by atoms with Crippen LogP contribution in [0, 0.1) is 0 Å². The summed E-state index contributed by atoms with van der Waals surface area (Å²) in [5, 5.41) is 26.1. The van der Waals surface area contributed by atoms with E-state index in [2.05, 4.69) is 435 Å². The number of fused-ring (bicyclic) bond motifs is 18. The molecule has 0 aliphatic heterocycles. The number of nitrogens with zero attached hydrogens (tertiary/aromatic N) is 4. The molecule has 10 heteroatoms. The summed E-state index contributed by atoms with van der Waals surface area (Å²) >= 11 is 7.25. The van der Waals surface area contributed by atoms with Gasteiger partial charge in [0.25, 0.3) is 0 Å². The summed E-state index contributed by atoms with van der Waals surface area (Å²) in [5.74, 6) is 0. The lowest BCUT2D eigenvalue weighted by atomic mass is 9.82. The van der Waals surface area contributed by atoms with Gasteiger partial charge in [-0.2, -0.15) is 0 Å². The maximum absolute atomic E-state index is 10.5. The van der Waals surface area contributed by atoms with Crippen molar-refractivity contribution in [2.45, 2.75) is 38.9 Å². The number of halogens is 1. The molecule has 124 heavy (non-hydrogen) atoms. The normalized spacial score (nSPS) is 12.0. The average Bonchev–Trinajstić information content (AvgIpc) is 1.55. The van der Waals surface area contributed by atoms with E-state index in [1.165, 1.54) is 172 Å². The van der Waals surface area contributed by atoms with Crippen molar-refractivity contribution >= 4 is 202 Å². The van der Waals surface area contributed by atoms with Crippen molar-refractivity contribution in [2.24, 2.45) is 0 Å². The van der Waals surface area contributed by atoms with Gasteiger partial charge in [0.05, 0.1) is 44.3 Å². The average molecular weight is 1690 g/mol. The van der Waals surface area contributed by atoms with E-state index < -0.39 is 11.2 Å². The number of aliphatic hydroxyl groups is 1. The zero-order valence-corrected chi connectivity index (χ0v) is 71.9. The lowest BCUT2D eigenvalue weighted by molar-refractivity contribution is -0.0893. The second-order valence-electron chi connectivity index (χ2n) is 33.2. The highest BCUT2D eigenvalue weighted by molar-refractivity contribution is 9.10. The number of hydrogen-bond donors (Lipinski definition) is 1. The predicted octanol–water partition coefficient (Wildman–Crippen LogP) is 31.9. The van der Waals surface area contributed by atoms with Crippen molar-refractivity contribution in [2.75, 3.05) is 9.80 Å². The maximum Gasteiger partial charge on any atom is 0.330 e. The number of anilines is 6. The van der Waals surface area contributed by atoms with E-state index in [4.69, 9.17) is 4.65 Å². The molecule has 6 heterocycles. The quantitative estimate of drug-likeness (QED) is 0.104. The summed E-state index contributed by atoms with van der Waals surface area (Å²) < 4.78 is 17.0. The van der Waals surface area contributed by atoms with Crippen LogP contribution in [-0.4, -0.2) is 32.6 Å². The Morgan fingerprint density at radius 3 is 0.976 bits per heavy atom. The molecule has 6 nitrogen and oxygen atoms in total. The first kappa shape index (κ1) is 76.2. The van der Waals surface area contributed by atoms with Crippen LogP contribution in [0.2, 0.25) is 0 Å². The second kappa shape index (κ2) is 31.2. The monoisotopic (exact) mass is 1690 g/mol. The lowest BCUT2D eigenvalue weighted by Gasteiger charge is -2.37. The van der Waals surface area contributed by atoms with Gasteiger partial charge >= 0.3 is 7.48 Å². The van der Waals surface area contributed by atoms with Gasteiger partial charge in [-0.1, -0.05) is 307 Å². The van der Waals surface area contributed by atoms with Gasteiger partial charge in [0.15, 0.2) is 0 Å². The van der Waals surface area contributed by atoms with Crippen LogP contribution in [0.25, 0.3) is 172 Å². The Morgan fingerprint density at radius 2 is 0.556 bits per heavy atom. The lowest BCUT2D eigenvalue weighted by Crippen LogP contribution is -2.49. The molecule has 0 saturated carbocycles. The first-order valence-corrected chi connectivity index (χ1v) is 44.6. The third-order valence-corrected chi connectivity index (χ3v) is 27.8. The first-order valence-electron chi connectivity index (χ1n) is 42.1. The van der Waals surface area contributed by atoms with E-state index in [9.17, 15) is 5.11 Å². The maximum atomic E-state index is 10.5. The van der Waals surface area contributed by atoms with E-state index in [-0.39, 0.29) is 0 Å². The molecule has 0 atom stereocenters. The molecular weight excluding hydrogens is 1610 g/mol. The molecule has 1 N–H and O–H groups in total. The zero-order valence-electron chi connectivity index (χ0n) is 68.7. The van der Waals surface area contributed by atoms with Crippen molar-refractivity contribution in [1.29, 1.82) is 0 Å². The van der Waals surface area contributed by atoms with Crippen LogP contribution in [0.3, 0.4) is 0 Å². The van der Waals surface area contributed by atoms with Crippen molar-refractivity contribution in [3.8, 4) is 55.6 Å². The first-order chi connectivity index (χ1) is 60.8. The van der Waals surface area contributed by atoms with E-state index in [0.29, 0.717) is 0 Å². The third-order valence-electron chi connectivity index (χ3n) is 25.1. The fraction of sp³-hybridized carbons (Fsp3) is 0.0526. The van der Waals surface area contributed by atoms with Crippen LogP contribution >= 0.6 is 38.6 Å². The van der Waals surface area contributed by atoms with Crippen molar-refractivity contribution in [3.63, 3.8) is 0 Å². The summed E-state index contributed by atoms with van der Waals surface area (Å²) in [6.07, 6.45) is 0. The van der Waals surface area contributed by atoms with Crippen LogP contribution in [0.4, 0.5) is 34.1 Å². The van der Waals surface area contributed by atoms with Gasteiger partial charge in [-0.15, -0.1) is 22.7 Å². The van der Waals surface area contributed by atoms with Crippen LogP contribution in [0.1, 0.15) is 27.7 Å². The topological polar surface area (TPSA) is 44.8 Å². The highest BCUT2D eigenvalue weighted by Crippen LogP contribution is 2.48. The molecule has 0 aliphatic carbocycles. The van der Waals surface area contributed by atoms with Gasteiger partial charge in [-0.05, 0) is 211 Å². The molecule has 18 aromatic carbocycles. The largest absolute Gasteiger partial charge is 0.427 e. The highest BCUT2D eigenvalue weighted by Gasteiger charge is 2.36. The molecule has 0 amide bonds. The summed E-state index contributed by atoms with van der Waals surface area (Å²) in [4.78, 5) is 4.71. The Balaban J connectivity index is 0.000000122. The fourth-order valence-electron chi connectivity index (χ4n) is 18.1. The highest BCUT2D eigenvalue weighted by atomic mass is 79.9. The molecule has 591 valence electrons. The Hall–Kier alpha value is -13.9. The number of aromatic nitrogens is 2. The molecule has 0 fully saturated rings. The van der Waals surface area contributed by atoms with E-state index in [1.54, 1.807) is 32.7 Å². The summed E-state index contributed by atoms with van der Waals surface area (Å²) in [5.41, 5.74) is 25.8. The molecular formula is C114H81BBrN4O2S2. The molecule has 0 saturated heterocycles. The summed E-state index contributed by atoms with van der Waals surface area (Å²) in [7, 11) is 1.76. The van der Waals surface area contributed by atoms with Crippen LogP contribution in [0.15, 0.2) is 417 Å². The Bertz CT molecular complexity index is 7940. The number of benzene rings is 18. The zero-order chi connectivity index (χ0) is 83.3. The summed E-state index contributed by atoms with van der Waals surface area (Å²) in [6.45, 7) is 7.34. The Labute approximate surface area is 736 Å². The minimum atomic E-state index is -0.975. The molecule has 24 aromatic rings. The van der Waals surface area contributed by atoms with Crippen LogP contribution in [-0.2, 0) is 4.65 Å². The molecule has 1 radical (unpaired) electrons. The van der Waals surface area contributed by atoms with Gasteiger partial charge in [-0.3, -0.25) is 0 Å². The van der Waals surface area contributed by atoms with Crippen molar-refractivity contribution < 1.29 is 9.76 Å². The predicted molar refractivity (Wildman–Crippen MR) is 536 cm³/mol. The minimum Gasteiger partial charge on any atom is -0.427 e. The molecule has 0 aliphatic rings. The molecule has 0 spiro atoms. The molecule has 6 aromatic heterocycles. The van der Waals surface area contributed by atoms with Gasteiger partial charge in [0, 0.05) is 122 Å². The molecule has 0 bridgehead atoms. The second-order valence-corrected chi connectivity index (χ2v) is 36.2. The van der Waals surface area contributed by atoms with E-state index >= 15 is 0 Å². The smallest absolute Gasteiger partial charge is 0.330 e. The number of hydrogen-bond acceptors (Lipinski definition) is 6. The van der Waals surface area contributed by atoms with E-state index in [0.717, 1.165) is 44.1 Å². The third kappa shape index (κ3) is 13.7.